The summed E-state index contributed by atoms with van der Waals surface area (Å²) in [6, 6.07) is 7.59. The molecule has 0 bridgehead atoms. The Hall–Kier alpha value is -1.60. The van der Waals surface area contributed by atoms with E-state index in [1.807, 2.05) is 0 Å². The van der Waals surface area contributed by atoms with Crippen LogP contribution in [0.2, 0.25) is 0 Å². The summed E-state index contributed by atoms with van der Waals surface area (Å²) >= 11 is 3.15. The van der Waals surface area contributed by atoms with Gasteiger partial charge in [-0.05, 0) is 67.1 Å². The minimum absolute atomic E-state index is 0.0352. The van der Waals surface area contributed by atoms with Crippen LogP contribution in [-0.2, 0) is 22.9 Å². The summed E-state index contributed by atoms with van der Waals surface area (Å²) in [5.74, 6) is -0.370. The topological polar surface area (TPSA) is 55.4 Å². The third-order valence-corrected chi connectivity index (χ3v) is 5.97. The molecule has 0 spiro atoms. The van der Waals surface area contributed by atoms with Gasteiger partial charge < -0.3 is 4.74 Å². The van der Waals surface area contributed by atoms with E-state index in [2.05, 4.69) is 20.7 Å². The Kier molecular flexibility index (Phi) is 4.83. The minimum Gasteiger partial charge on any atom is -0.495 e. The van der Waals surface area contributed by atoms with Crippen LogP contribution in [0, 0.1) is 5.82 Å². The number of methoxy groups -OCH3 is 1. The van der Waals surface area contributed by atoms with Crippen LogP contribution >= 0.6 is 15.9 Å². The summed E-state index contributed by atoms with van der Waals surface area (Å²) in [4.78, 5) is 0.0352. The van der Waals surface area contributed by atoms with Crippen LogP contribution in [0.3, 0.4) is 0 Å². The van der Waals surface area contributed by atoms with Gasteiger partial charge in [-0.3, -0.25) is 4.72 Å². The first-order valence-electron chi connectivity index (χ1n) is 7.58. The molecule has 0 unspecified atom stereocenters. The van der Waals surface area contributed by atoms with E-state index in [1.54, 1.807) is 18.2 Å². The molecule has 0 saturated heterocycles. The second-order valence-electron chi connectivity index (χ2n) is 5.71. The number of ether oxygens (including phenoxy) is 1. The van der Waals surface area contributed by atoms with Crippen molar-refractivity contribution >= 4 is 31.6 Å². The molecular weight excluding hydrogens is 397 g/mol. The number of sulfonamides is 1. The minimum atomic E-state index is -3.96. The maximum Gasteiger partial charge on any atom is 0.265 e. The van der Waals surface area contributed by atoms with Crippen molar-refractivity contribution in [1.29, 1.82) is 0 Å². The lowest BCUT2D eigenvalue weighted by Crippen LogP contribution is -2.16. The van der Waals surface area contributed by atoms with Crippen molar-refractivity contribution in [2.24, 2.45) is 0 Å². The molecule has 2 aromatic carbocycles. The van der Waals surface area contributed by atoms with Gasteiger partial charge in [0.2, 0.25) is 0 Å². The number of nitrogens with one attached hydrogen (secondary N) is 1. The second kappa shape index (κ2) is 6.72. The zero-order chi connectivity index (χ0) is 17.3. The number of fused-ring (bicyclic) bond motifs is 1. The van der Waals surface area contributed by atoms with E-state index in [4.69, 9.17) is 4.74 Å². The lowest BCUT2D eigenvalue weighted by molar-refractivity contribution is 0.401. The first-order chi connectivity index (χ1) is 11.4. The van der Waals surface area contributed by atoms with E-state index < -0.39 is 15.8 Å². The molecule has 0 radical (unpaired) electrons. The molecule has 2 aromatic rings. The fraction of sp³-hybridized carbons (Fsp3) is 0.294. The maximum absolute atomic E-state index is 14.0. The highest BCUT2D eigenvalue weighted by molar-refractivity contribution is 9.10. The van der Waals surface area contributed by atoms with Gasteiger partial charge in [0.1, 0.15) is 16.5 Å². The van der Waals surface area contributed by atoms with Crippen LogP contribution < -0.4 is 9.46 Å². The maximum atomic E-state index is 14.0. The van der Waals surface area contributed by atoms with Crippen molar-refractivity contribution in [1.82, 2.24) is 0 Å². The predicted molar refractivity (Wildman–Crippen MR) is 94.5 cm³/mol. The Morgan fingerprint density at radius 3 is 2.42 bits per heavy atom. The Morgan fingerprint density at radius 2 is 1.79 bits per heavy atom. The number of anilines is 1. The summed E-state index contributed by atoms with van der Waals surface area (Å²) in [7, 11) is -2.52. The summed E-state index contributed by atoms with van der Waals surface area (Å²) < 4.78 is 47.5. The smallest absolute Gasteiger partial charge is 0.265 e. The molecule has 7 heteroatoms. The van der Waals surface area contributed by atoms with Crippen LogP contribution in [-0.4, -0.2) is 15.5 Å². The zero-order valence-corrected chi connectivity index (χ0v) is 15.5. The van der Waals surface area contributed by atoms with E-state index in [0.29, 0.717) is 4.47 Å². The van der Waals surface area contributed by atoms with Crippen LogP contribution in [0.1, 0.15) is 24.0 Å². The van der Waals surface area contributed by atoms with Crippen molar-refractivity contribution in [2.45, 2.75) is 30.6 Å². The molecule has 0 amide bonds. The first kappa shape index (κ1) is 17.2. The molecule has 24 heavy (non-hydrogen) atoms. The molecular formula is C17H17BrFNO3S. The summed E-state index contributed by atoms with van der Waals surface area (Å²) in [5.41, 5.74) is 2.03. The van der Waals surface area contributed by atoms with Crippen LogP contribution in [0.25, 0.3) is 0 Å². The molecule has 1 aliphatic rings. The average molecular weight is 414 g/mol. The molecule has 0 aromatic heterocycles. The Morgan fingerprint density at radius 1 is 1.12 bits per heavy atom. The summed E-state index contributed by atoms with van der Waals surface area (Å²) in [6.07, 6.45) is 3.88. The third-order valence-electron chi connectivity index (χ3n) is 4.09. The normalized spacial score (nSPS) is 14.1. The molecule has 0 atom stereocenters. The fourth-order valence-electron chi connectivity index (χ4n) is 2.88. The lowest BCUT2D eigenvalue weighted by atomic mass is 9.92. The van der Waals surface area contributed by atoms with E-state index in [-0.39, 0.29) is 16.3 Å². The van der Waals surface area contributed by atoms with Gasteiger partial charge in [0.25, 0.3) is 10.0 Å². The molecule has 3 rings (SSSR count). The molecule has 0 heterocycles. The number of hydrogen-bond donors (Lipinski definition) is 1. The van der Waals surface area contributed by atoms with Crippen molar-refractivity contribution in [3.63, 3.8) is 0 Å². The van der Waals surface area contributed by atoms with Crippen LogP contribution in [0.15, 0.2) is 39.7 Å². The summed E-state index contributed by atoms with van der Waals surface area (Å²) in [5, 5.41) is 0. The predicted octanol–water partition coefficient (Wildman–Crippen LogP) is 4.28. The quantitative estimate of drug-likeness (QED) is 0.813. The van der Waals surface area contributed by atoms with E-state index in [9.17, 15) is 12.8 Å². The standard InChI is InChI=1S/C17H17BrFNO3S/c1-23-16-8-11-4-2-3-5-12(11)9-17(16)24(21,22)20-15-7-6-13(18)10-14(15)19/h6-10,20H,2-5H2,1H3. The first-order valence-corrected chi connectivity index (χ1v) is 9.86. The van der Waals surface area contributed by atoms with Crippen molar-refractivity contribution in [3.05, 3.63) is 51.7 Å². The molecule has 128 valence electrons. The monoisotopic (exact) mass is 413 g/mol. The van der Waals surface area contributed by atoms with Crippen molar-refractivity contribution in [2.75, 3.05) is 11.8 Å². The van der Waals surface area contributed by atoms with Crippen molar-refractivity contribution in [3.8, 4) is 5.75 Å². The lowest BCUT2D eigenvalue weighted by Gasteiger charge is -2.19. The van der Waals surface area contributed by atoms with Gasteiger partial charge in [-0.1, -0.05) is 15.9 Å². The Bertz CT molecular complexity index is 884. The number of aryl methyl sites for hydroxylation is 2. The van der Waals surface area contributed by atoms with Crippen molar-refractivity contribution < 1.29 is 17.5 Å². The largest absolute Gasteiger partial charge is 0.495 e. The van der Waals surface area contributed by atoms with Crippen LogP contribution in [0.5, 0.6) is 5.75 Å². The molecule has 1 aliphatic carbocycles. The zero-order valence-electron chi connectivity index (χ0n) is 13.1. The Labute approximate surface area is 149 Å². The SMILES string of the molecule is COc1cc2c(cc1S(=O)(=O)Nc1ccc(Br)cc1F)CCCC2. The van der Waals surface area contributed by atoms with E-state index >= 15 is 0 Å². The molecule has 1 N–H and O–H groups in total. The van der Waals surface area contributed by atoms with Gasteiger partial charge in [0.05, 0.1) is 12.8 Å². The number of hydrogen-bond acceptors (Lipinski definition) is 3. The highest BCUT2D eigenvalue weighted by Crippen LogP contribution is 2.33. The van der Waals surface area contributed by atoms with Gasteiger partial charge in [-0.25, -0.2) is 12.8 Å². The summed E-state index contributed by atoms with van der Waals surface area (Å²) in [6.45, 7) is 0. The van der Waals surface area contributed by atoms with Gasteiger partial charge in [0.15, 0.2) is 0 Å². The van der Waals surface area contributed by atoms with Crippen LogP contribution in [0.4, 0.5) is 10.1 Å². The van der Waals surface area contributed by atoms with E-state index in [1.165, 1.54) is 19.2 Å². The fourth-order valence-corrected chi connectivity index (χ4v) is 4.48. The van der Waals surface area contributed by atoms with Gasteiger partial charge >= 0.3 is 0 Å². The highest BCUT2D eigenvalue weighted by atomic mass is 79.9. The molecule has 0 saturated carbocycles. The number of benzene rings is 2. The van der Waals surface area contributed by atoms with Gasteiger partial charge in [-0.15, -0.1) is 0 Å². The number of rotatable bonds is 4. The second-order valence-corrected chi connectivity index (χ2v) is 8.28. The van der Waals surface area contributed by atoms with Gasteiger partial charge in [0, 0.05) is 4.47 Å². The molecule has 0 fully saturated rings. The van der Waals surface area contributed by atoms with Gasteiger partial charge in [-0.2, -0.15) is 0 Å². The molecule has 4 nitrogen and oxygen atoms in total. The third kappa shape index (κ3) is 3.42. The highest BCUT2D eigenvalue weighted by Gasteiger charge is 2.24. The Balaban J connectivity index is 2.02. The average Bonchev–Trinajstić information content (AvgIpc) is 2.56. The van der Waals surface area contributed by atoms with E-state index in [0.717, 1.165) is 36.8 Å². The number of halogens is 2. The molecule has 0 aliphatic heterocycles.